The molecule has 0 aromatic heterocycles. The van der Waals surface area contributed by atoms with Crippen molar-refractivity contribution in [3.05, 3.63) is 58.1 Å². The Balaban J connectivity index is 1.49. The Morgan fingerprint density at radius 3 is 2.57 bits per heavy atom. The van der Waals surface area contributed by atoms with Crippen molar-refractivity contribution in [3.8, 4) is 5.75 Å². The molecule has 1 saturated heterocycles. The van der Waals surface area contributed by atoms with Gasteiger partial charge < -0.3 is 15.0 Å². The lowest BCUT2D eigenvalue weighted by atomic mass is 10.1. The fraction of sp³-hybridized carbons (Fsp3) is 0.381. The number of hydrogen-bond acceptors (Lipinski definition) is 4. The molecule has 0 spiro atoms. The molecule has 0 unspecified atom stereocenters. The van der Waals surface area contributed by atoms with Gasteiger partial charge in [-0.1, -0.05) is 35.3 Å². The number of carbonyl (C=O) groups is 1. The molecular formula is C21H25Cl2N3O2. The van der Waals surface area contributed by atoms with Crippen LogP contribution in [0.25, 0.3) is 0 Å². The van der Waals surface area contributed by atoms with Gasteiger partial charge >= 0.3 is 0 Å². The van der Waals surface area contributed by atoms with Gasteiger partial charge in [0.1, 0.15) is 5.75 Å². The van der Waals surface area contributed by atoms with Crippen LogP contribution in [0.1, 0.15) is 18.5 Å². The van der Waals surface area contributed by atoms with Crippen molar-refractivity contribution in [2.45, 2.75) is 13.0 Å². The van der Waals surface area contributed by atoms with Crippen molar-refractivity contribution >= 4 is 34.8 Å². The van der Waals surface area contributed by atoms with E-state index in [1.54, 1.807) is 19.2 Å². The number of nitrogens with zero attached hydrogens (tertiary/aromatic N) is 2. The van der Waals surface area contributed by atoms with Crippen LogP contribution in [0.3, 0.4) is 0 Å². The topological polar surface area (TPSA) is 44.8 Å². The Labute approximate surface area is 176 Å². The number of nitrogens with one attached hydrogen (secondary N) is 1. The maximum absolute atomic E-state index is 12.5. The lowest BCUT2D eigenvalue weighted by Gasteiger charge is -2.36. The number of benzene rings is 2. The number of rotatable bonds is 6. The molecule has 0 radical (unpaired) electrons. The fourth-order valence-corrected chi connectivity index (χ4v) is 3.96. The highest BCUT2D eigenvalue weighted by atomic mass is 35.5. The van der Waals surface area contributed by atoms with Gasteiger partial charge in [0.15, 0.2) is 0 Å². The molecule has 2 aromatic rings. The van der Waals surface area contributed by atoms with Crippen LogP contribution in [0.4, 0.5) is 5.69 Å². The van der Waals surface area contributed by atoms with E-state index in [0.29, 0.717) is 16.6 Å². The Bertz CT molecular complexity index is 823. The van der Waals surface area contributed by atoms with Crippen molar-refractivity contribution in [2.75, 3.05) is 44.7 Å². The zero-order valence-corrected chi connectivity index (χ0v) is 17.6. The molecule has 1 amide bonds. The highest BCUT2D eigenvalue weighted by molar-refractivity contribution is 6.35. The summed E-state index contributed by atoms with van der Waals surface area (Å²) in [6.07, 6.45) is 0. The van der Waals surface area contributed by atoms with E-state index < -0.39 is 0 Å². The molecule has 1 atom stereocenters. The maximum atomic E-state index is 12.5. The molecule has 1 N–H and O–H groups in total. The van der Waals surface area contributed by atoms with Gasteiger partial charge in [0.25, 0.3) is 0 Å². The second kappa shape index (κ2) is 9.50. The van der Waals surface area contributed by atoms with Crippen LogP contribution >= 0.6 is 23.2 Å². The van der Waals surface area contributed by atoms with Crippen LogP contribution < -0.4 is 15.0 Å². The molecule has 7 heteroatoms. The largest absolute Gasteiger partial charge is 0.497 e. The minimum absolute atomic E-state index is 0.00616. The summed E-state index contributed by atoms with van der Waals surface area (Å²) in [7, 11) is 1.67. The van der Waals surface area contributed by atoms with Gasteiger partial charge in [-0.15, -0.1) is 0 Å². The number of carbonyl (C=O) groups excluding carboxylic acids is 1. The van der Waals surface area contributed by atoms with Crippen molar-refractivity contribution < 1.29 is 9.53 Å². The molecule has 1 fully saturated rings. The van der Waals surface area contributed by atoms with Crippen LogP contribution in [-0.2, 0) is 4.79 Å². The third kappa shape index (κ3) is 5.31. The lowest BCUT2D eigenvalue weighted by Crippen LogP contribution is -2.49. The number of amides is 1. The average molecular weight is 422 g/mol. The molecule has 1 aliphatic rings. The molecule has 1 aliphatic heterocycles. The highest BCUT2D eigenvalue weighted by Crippen LogP contribution is 2.26. The molecule has 150 valence electrons. The third-order valence-corrected chi connectivity index (χ3v) is 5.53. The SMILES string of the molecule is COc1cccc(N2CCN(CC(=O)N[C@H](C)c3ccc(Cl)cc3Cl)CC2)c1. The zero-order chi connectivity index (χ0) is 20.1. The Morgan fingerprint density at radius 1 is 1.14 bits per heavy atom. The molecule has 2 aromatic carbocycles. The first-order valence-corrected chi connectivity index (χ1v) is 10.1. The predicted octanol–water partition coefficient (Wildman–Crippen LogP) is 4.00. The van der Waals surface area contributed by atoms with E-state index in [0.717, 1.165) is 43.2 Å². The molecule has 0 aliphatic carbocycles. The van der Waals surface area contributed by atoms with Crippen molar-refractivity contribution in [2.24, 2.45) is 0 Å². The van der Waals surface area contributed by atoms with Crippen LogP contribution in [0.15, 0.2) is 42.5 Å². The zero-order valence-electron chi connectivity index (χ0n) is 16.1. The van der Waals surface area contributed by atoms with E-state index in [2.05, 4.69) is 21.2 Å². The summed E-state index contributed by atoms with van der Waals surface area (Å²) in [6, 6.07) is 13.2. The number of methoxy groups -OCH3 is 1. The molecule has 28 heavy (non-hydrogen) atoms. The Morgan fingerprint density at radius 2 is 1.89 bits per heavy atom. The third-order valence-electron chi connectivity index (χ3n) is 4.96. The van der Waals surface area contributed by atoms with Crippen LogP contribution in [0.5, 0.6) is 5.75 Å². The number of anilines is 1. The quantitative estimate of drug-likeness (QED) is 0.765. The molecule has 3 rings (SSSR count). The summed E-state index contributed by atoms with van der Waals surface area (Å²) in [5.41, 5.74) is 2.01. The second-order valence-electron chi connectivity index (χ2n) is 6.92. The summed E-state index contributed by atoms with van der Waals surface area (Å²) < 4.78 is 5.30. The van der Waals surface area contributed by atoms with E-state index in [1.165, 1.54) is 0 Å². The first-order chi connectivity index (χ1) is 13.5. The first kappa shape index (κ1) is 20.8. The summed E-state index contributed by atoms with van der Waals surface area (Å²) in [4.78, 5) is 16.9. The van der Waals surface area contributed by atoms with E-state index in [4.69, 9.17) is 27.9 Å². The summed E-state index contributed by atoms with van der Waals surface area (Å²) >= 11 is 12.2. The van der Waals surface area contributed by atoms with Crippen molar-refractivity contribution in [3.63, 3.8) is 0 Å². The van der Waals surface area contributed by atoms with Gasteiger partial charge in [0.05, 0.1) is 19.7 Å². The standard InChI is InChI=1S/C21H25Cl2N3O2/c1-15(19-7-6-16(22)12-20(19)23)24-21(27)14-25-8-10-26(11-9-25)17-4-3-5-18(13-17)28-2/h3-7,12-13,15H,8-11,14H2,1-2H3,(H,24,27)/t15-/m1/s1. The van der Waals surface area contributed by atoms with E-state index in [9.17, 15) is 4.79 Å². The van der Waals surface area contributed by atoms with Crippen LogP contribution in [-0.4, -0.2) is 50.6 Å². The molecule has 5 nitrogen and oxygen atoms in total. The number of halogens is 2. The van der Waals surface area contributed by atoms with Crippen LogP contribution in [0.2, 0.25) is 10.0 Å². The molecule has 0 bridgehead atoms. The smallest absolute Gasteiger partial charge is 0.234 e. The summed E-state index contributed by atoms with van der Waals surface area (Å²) in [6.45, 7) is 5.72. The summed E-state index contributed by atoms with van der Waals surface area (Å²) in [5, 5.41) is 4.17. The lowest BCUT2D eigenvalue weighted by molar-refractivity contribution is -0.123. The minimum atomic E-state index is -0.171. The van der Waals surface area contributed by atoms with E-state index in [1.807, 2.05) is 31.2 Å². The van der Waals surface area contributed by atoms with Crippen molar-refractivity contribution in [1.29, 1.82) is 0 Å². The molecule has 1 heterocycles. The van der Waals surface area contributed by atoms with E-state index in [-0.39, 0.29) is 11.9 Å². The molecular weight excluding hydrogens is 397 g/mol. The number of piperazine rings is 1. The van der Waals surface area contributed by atoms with Gasteiger partial charge in [-0.2, -0.15) is 0 Å². The molecule has 0 saturated carbocycles. The number of hydrogen-bond donors (Lipinski definition) is 1. The predicted molar refractivity (Wildman–Crippen MR) is 115 cm³/mol. The van der Waals surface area contributed by atoms with Crippen molar-refractivity contribution in [1.82, 2.24) is 10.2 Å². The van der Waals surface area contributed by atoms with E-state index >= 15 is 0 Å². The Hall–Kier alpha value is -1.95. The fourth-order valence-electron chi connectivity index (χ4n) is 3.39. The second-order valence-corrected chi connectivity index (χ2v) is 7.76. The monoisotopic (exact) mass is 421 g/mol. The van der Waals surface area contributed by atoms with Gasteiger partial charge in [-0.3, -0.25) is 9.69 Å². The summed E-state index contributed by atoms with van der Waals surface area (Å²) in [5.74, 6) is 0.850. The minimum Gasteiger partial charge on any atom is -0.497 e. The normalized spacial score (nSPS) is 15.9. The van der Waals surface area contributed by atoms with Gasteiger partial charge in [0.2, 0.25) is 5.91 Å². The average Bonchev–Trinajstić information content (AvgIpc) is 2.68. The van der Waals surface area contributed by atoms with Gasteiger partial charge in [-0.25, -0.2) is 0 Å². The highest BCUT2D eigenvalue weighted by Gasteiger charge is 2.21. The Kier molecular flexibility index (Phi) is 7.05. The van der Waals surface area contributed by atoms with Gasteiger partial charge in [0, 0.05) is 48.0 Å². The first-order valence-electron chi connectivity index (χ1n) is 9.32. The maximum Gasteiger partial charge on any atom is 0.234 e. The van der Waals surface area contributed by atoms with Gasteiger partial charge in [-0.05, 0) is 36.8 Å². The number of ether oxygens (including phenoxy) is 1. The van der Waals surface area contributed by atoms with Crippen LogP contribution in [0, 0.1) is 0 Å².